The number of carbonyl (C=O) groups excluding carboxylic acids is 2. The molecule has 2 aromatic rings. The molecule has 0 aliphatic carbocycles. The maximum atomic E-state index is 12.8. The van der Waals surface area contributed by atoms with E-state index >= 15 is 0 Å². The van der Waals surface area contributed by atoms with E-state index in [0.717, 1.165) is 42.3 Å². The van der Waals surface area contributed by atoms with E-state index in [-0.39, 0.29) is 17.7 Å². The third-order valence-electron chi connectivity index (χ3n) is 5.50. The highest BCUT2D eigenvalue weighted by molar-refractivity contribution is 6.30. The number of carbonyl (C=O) groups is 2. The van der Waals surface area contributed by atoms with Gasteiger partial charge in [-0.25, -0.2) is 0 Å². The predicted octanol–water partition coefficient (Wildman–Crippen LogP) is 4.68. The molecule has 1 fully saturated rings. The molecule has 5 nitrogen and oxygen atoms in total. The summed E-state index contributed by atoms with van der Waals surface area (Å²) in [5, 5.41) is 3.66. The molecule has 2 aromatic carbocycles. The maximum absolute atomic E-state index is 12.8. The number of hydrogen-bond donors (Lipinski definition) is 1. The molecule has 0 atom stereocenters. The lowest BCUT2D eigenvalue weighted by atomic mass is 10.0. The van der Waals surface area contributed by atoms with Crippen molar-refractivity contribution in [1.82, 2.24) is 4.90 Å². The third-order valence-corrected chi connectivity index (χ3v) is 5.73. The fourth-order valence-corrected chi connectivity index (χ4v) is 3.81. The first-order valence-corrected chi connectivity index (χ1v) is 10.6. The number of halogens is 1. The Morgan fingerprint density at radius 3 is 2.24 bits per heavy atom. The summed E-state index contributed by atoms with van der Waals surface area (Å²) in [6.45, 7) is 6.91. The predicted molar refractivity (Wildman–Crippen MR) is 119 cm³/mol. The van der Waals surface area contributed by atoms with Gasteiger partial charge < -0.3 is 15.1 Å². The molecule has 1 aliphatic rings. The van der Waals surface area contributed by atoms with E-state index < -0.39 is 0 Å². The van der Waals surface area contributed by atoms with Gasteiger partial charge in [-0.3, -0.25) is 9.59 Å². The summed E-state index contributed by atoms with van der Waals surface area (Å²) >= 11 is 6.08. The maximum Gasteiger partial charge on any atom is 0.253 e. The van der Waals surface area contributed by atoms with Crippen molar-refractivity contribution in [3.8, 4) is 0 Å². The SMILES string of the molecule is CCC(CC)C(=O)Nc1ccc(C(=O)N2CCN(c3cccc(Cl)c3)CC2)cc1. The zero-order valence-corrected chi connectivity index (χ0v) is 17.8. The quantitative estimate of drug-likeness (QED) is 0.748. The number of rotatable bonds is 6. The molecule has 1 heterocycles. The summed E-state index contributed by atoms with van der Waals surface area (Å²) in [4.78, 5) is 29.2. The van der Waals surface area contributed by atoms with Crippen LogP contribution in [-0.2, 0) is 4.79 Å². The number of nitrogens with zero attached hydrogens (tertiary/aromatic N) is 2. The van der Waals surface area contributed by atoms with E-state index in [9.17, 15) is 9.59 Å². The van der Waals surface area contributed by atoms with Crippen molar-refractivity contribution in [2.45, 2.75) is 26.7 Å². The van der Waals surface area contributed by atoms with Crippen LogP contribution in [0.15, 0.2) is 48.5 Å². The minimum Gasteiger partial charge on any atom is -0.368 e. The molecule has 0 unspecified atom stereocenters. The van der Waals surface area contributed by atoms with Crippen LogP contribution < -0.4 is 10.2 Å². The van der Waals surface area contributed by atoms with Crippen LogP contribution in [0.1, 0.15) is 37.0 Å². The average Bonchev–Trinajstić information content (AvgIpc) is 2.75. The van der Waals surface area contributed by atoms with Gasteiger partial charge in [-0.1, -0.05) is 31.5 Å². The van der Waals surface area contributed by atoms with E-state index in [1.807, 2.05) is 43.0 Å². The molecular weight excluding hydrogens is 386 g/mol. The molecule has 0 saturated carbocycles. The van der Waals surface area contributed by atoms with Crippen LogP contribution in [0.4, 0.5) is 11.4 Å². The minimum atomic E-state index is 0.0205. The van der Waals surface area contributed by atoms with Crippen LogP contribution in [0.3, 0.4) is 0 Å². The smallest absolute Gasteiger partial charge is 0.253 e. The van der Waals surface area contributed by atoms with E-state index in [4.69, 9.17) is 11.6 Å². The van der Waals surface area contributed by atoms with E-state index in [0.29, 0.717) is 18.7 Å². The van der Waals surface area contributed by atoms with Crippen LogP contribution in [0.2, 0.25) is 5.02 Å². The molecule has 154 valence electrons. The normalized spacial score (nSPS) is 14.2. The van der Waals surface area contributed by atoms with Crippen molar-refractivity contribution in [2.24, 2.45) is 5.92 Å². The Kier molecular flexibility index (Phi) is 7.15. The Labute approximate surface area is 177 Å². The van der Waals surface area contributed by atoms with E-state index in [2.05, 4.69) is 10.2 Å². The van der Waals surface area contributed by atoms with E-state index in [1.54, 1.807) is 24.3 Å². The Balaban J connectivity index is 1.56. The number of anilines is 2. The summed E-state index contributed by atoms with van der Waals surface area (Å²) in [5.41, 5.74) is 2.45. The molecule has 1 aliphatic heterocycles. The van der Waals surface area contributed by atoms with Crippen molar-refractivity contribution < 1.29 is 9.59 Å². The zero-order valence-electron chi connectivity index (χ0n) is 17.0. The second-order valence-corrected chi connectivity index (χ2v) is 7.78. The van der Waals surface area contributed by atoms with Gasteiger partial charge in [-0.05, 0) is 55.3 Å². The second-order valence-electron chi connectivity index (χ2n) is 7.34. The summed E-state index contributed by atoms with van der Waals surface area (Å²) in [6, 6.07) is 15.0. The van der Waals surface area contributed by atoms with Gasteiger partial charge in [0.15, 0.2) is 0 Å². The second kappa shape index (κ2) is 9.79. The number of hydrogen-bond acceptors (Lipinski definition) is 3. The Morgan fingerprint density at radius 2 is 1.66 bits per heavy atom. The molecule has 2 amide bonds. The largest absolute Gasteiger partial charge is 0.368 e. The first-order chi connectivity index (χ1) is 14.0. The molecule has 0 bridgehead atoms. The van der Waals surface area contributed by atoms with Gasteiger partial charge in [0.2, 0.25) is 5.91 Å². The lowest BCUT2D eigenvalue weighted by Gasteiger charge is -2.36. The summed E-state index contributed by atoms with van der Waals surface area (Å²) in [5.74, 6) is 0.0759. The summed E-state index contributed by atoms with van der Waals surface area (Å²) in [7, 11) is 0. The first kappa shape index (κ1) is 21.2. The highest BCUT2D eigenvalue weighted by Gasteiger charge is 2.22. The number of amides is 2. The molecule has 0 radical (unpaired) electrons. The molecule has 1 N–H and O–H groups in total. The summed E-state index contributed by atoms with van der Waals surface area (Å²) in [6.07, 6.45) is 1.64. The molecule has 6 heteroatoms. The van der Waals surface area contributed by atoms with Crippen molar-refractivity contribution in [1.29, 1.82) is 0 Å². The topological polar surface area (TPSA) is 52.7 Å². The molecule has 0 aromatic heterocycles. The van der Waals surface area contributed by atoms with Gasteiger partial charge in [0.25, 0.3) is 5.91 Å². The fourth-order valence-electron chi connectivity index (χ4n) is 3.62. The fraction of sp³-hybridized carbons (Fsp3) is 0.391. The van der Waals surface area contributed by atoms with Crippen molar-refractivity contribution >= 4 is 34.8 Å². The lowest BCUT2D eigenvalue weighted by molar-refractivity contribution is -0.120. The van der Waals surface area contributed by atoms with Crippen molar-refractivity contribution in [3.63, 3.8) is 0 Å². The molecular formula is C23H28ClN3O2. The molecule has 29 heavy (non-hydrogen) atoms. The highest BCUT2D eigenvalue weighted by Crippen LogP contribution is 2.22. The van der Waals surface area contributed by atoms with Crippen molar-refractivity contribution in [3.05, 3.63) is 59.1 Å². The van der Waals surface area contributed by atoms with E-state index in [1.165, 1.54) is 0 Å². The standard InChI is InChI=1S/C23H28ClN3O2/c1-3-17(4-2)22(28)25-20-10-8-18(9-11-20)23(29)27-14-12-26(13-15-27)21-7-5-6-19(24)16-21/h5-11,16-17H,3-4,12-15H2,1-2H3,(H,25,28). The Bertz CT molecular complexity index is 841. The minimum absolute atomic E-state index is 0.0205. The van der Waals surface area contributed by atoms with Crippen LogP contribution in [-0.4, -0.2) is 42.9 Å². The van der Waals surface area contributed by atoms with Gasteiger partial charge >= 0.3 is 0 Å². The van der Waals surface area contributed by atoms with Crippen LogP contribution in [0.25, 0.3) is 0 Å². The molecule has 0 spiro atoms. The van der Waals surface area contributed by atoms with Crippen LogP contribution in [0.5, 0.6) is 0 Å². The lowest BCUT2D eigenvalue weighted by Crippen LogP contribution is -2.48. The van der Waals surface area contributed by atoms with Gasteiger partial charge in [0, 0.05) is 54.1 Å². The number of piperazine rings is 1. The Morgan fingerprint density at radius 1 is 1.00 bits per heavy atom. The highest BCUT2D eigenvalue weighted by atomic mass is 35.5. The van der Waals surface area contributed by atoms with Crippen molar-refractivity contribution in [2.75, 3.05) is 36.4 Å². The average molecular weight is 414 g/mol. The molecule has 1 saturated heterocycles. The van der Waals surface area contributed by atoms with Gasteiger partial charge in [-0.15, -0.1) is 0 Å². The van der Waals surface area contributed by atoms with Gasteiger partial charge in [0.1, 0.15) is 0 Å². The molecule has 3 rings (SSSR count). The third kappa shape index (κ3) is 5.30. The number of nitrogens with one attached hydrogen (secondary N) is 1. The zero-order chi connectivity index (χ0) is 20.8. The van der Waals surface area contributed by atoms with Gasteiger partial charge in [-0.2, -0.15) is 0 Å². The van der Waals surface area contributed by atoms with Crippen LogP contribution >= 0.6 is 11.6 Å². The van der Waals surface area contributed by atoms with Gasteiger partial charge in [0.05, 0.1) is 0 Å². The summed E-state index contributed by atoms with van der Waals surface area (Å²) < 4.78 is 0. The number of benzene rings is 2. The Hall–Kier alpha value is -2.53. The first-order valence-electron chi connectivity index (χ1n) is 10.2. The monoisotopic (exact) mass is 413 g/mol. The van der Waals surface area contributed by atoms with Crippen LogP contribution in [0, 0.1) is 5.92 Å².